The van der Waals surface area contributed by atoms with E-state index in [-0.39, 0.29) is 5.82 Å². The van der Waals surface area contributed by atoms with Crippen LogP contribution in [-0.2, 0) is 6.42 Å². The Kier molecular flexibility index (Phi) is 2.36. The zero-order chi connectivity index (χ0) is 8.27. The molecule has 0 N–H and O–H groups in total. The van der Waals surface area contributed by atoms with Crippen molar-refractivity contribution in [3.8, 4) is 0 Å². The molecule has 11 heavy (non-hydrogen) atoms. The summed E-state index contributed by atoms with van der Waals surface area (Å²) in [5, 5.41) is 3.43. The maximum atomic E-state index is 10.1. The van der Waals surface area contributed by atoms with E-state index in [9.17, 15) is 4.79 Å². The molecule has 1 heterocycles. The van der Waals surface area contributed by atoms with Crippen LogP contribution < -0.4 is 0 Å². The van der Waals surface area contributed by atoms with Crippen LogP contribution in [0.25, 0.3) is 0 Å². The molecule has 0 aliphatic heterocycles. The number of aromatic nitrogens is 2. The molecule has 0 saturated heterocycles. The first-order valence-electron chi connectivity index (χ1n) is 3.50. The van der Waals surface area contributed by atoms with E-state index in [2.05, 4.69) is 10.1 Å². The SMILES string of the molecule is CC(C)Cc1nc(C=O)no1. The Bertz CT molecular complexity index is 242. The van der Waals surface area contributed by atoms with Crippen LogP contribution in [-0.4, -0.2) is 16.4 Å². The van der Waals surface area contributed by atoms with Crippen molar-refractivity contribution in [1.82, 2.24) is 10.1 Å². The van der Waals surface area contributed by atoms with Crippen molar-refractivity contribution >= 4 is 6.29 Å². The van der Waals surface area contributed by atoms with Crippen molar-refractivity contribution in [3.63, 3.8) is 0 Å². The highest BCUT2D eigenvalue weighted by Crippen LogP contribution is 2.03. The van der Waals surface area contributed by atoms with Gasteiger partial charge in [-0.25, -0.2) is 0 Å². The molecule has 0 aliphatic carbocycles. The highest BCUT2D eigenvalue weighted by molar-refractivity contribution is 5.68. The molecule has 4 heteroatoms. The van der Waals surface area contributed by atoms with E-state index >= 15 is 0 Å². The number of carbonyl (C=O) groups is 1. The Hall–Kier alpha value is -1.19. The molecule has 0 radical (unpaired) electrons. The Morgan fingerprint density at radius 3 is 2.82 bits per heavy atom. The normalized spacial score (nSPS) is 10.5. The third-order valence-electron chi connectivity index (χ3n) is 1.17. The van der Waals surface area contributed by atoms with Crippen LogP contribution >= 0.6 is 0 Å². The van der Waals surface area contributed by atoms with Gasteiger partial charge in [0.1, 0.15) is 0 Å². The fourth-order valence-electron chi connectivity index (χ4n) is 0.748. The van der Waals surface area contributed by atoms with Gasteiger partial charge in [-0.1, -0.05) is 19.0 Å². The van der Waals surface area contributed by atoms with E-state index in [4.69, 9.17) is 4.52 Å². The average molecular weight is 154 g/mol. The predicted octanol–water partition coefficient (Wildman–Crippen LogP) is 1.08. The summed E-state index contributed by atoms with van der Waals surface area (Å²) >= 11 is 0. The molecule has 0 saturated carbocycles. The quantitative estimate of drug-likeness (QED) is 0.611. The lowest BCUT2D eigenvalue weighted by molar-refractivity contribution is 0.111. The molecule has 0 atom stereocenters. The van der Waals surface area contributed by atoms with Gasteiger partial charge in [-0.05, 0) is 5.92 Å². The fourth-order valence-corrected chi connectivity index (χ4v) is 0.748. The summed E-state index contributed by atoms with van der Waals surface area (Å²) in [7, 11) is 0. The van der Waals surface area contributed by atoms with Crippen molar-refractivity contribution in [2.45, 2.75) is 20.3 Å². The molecule has 0 unspecified atom stereocenters. The first kappa shape index (κ1) is 7.91. The fraction of sp³-hybridized carbons (Fsp3) is 0.571. The summed E-state index contributed by atoms with van der Waals surface area (Å²) in [6, 6.07) is 0. The standard InChI is InChI=1S/C7H10N2O2/c1-5(2)3-7-8-6(4-10)9-11-7/h4-5H,3H2,1-2H3. The van der Waals surface area contributed by atoms with Crippen molar-refractivity contribution < 1.29 is 9.32 Å². The molecule has 1 aromatic rings. The topological polar surface area (TPSA) is 56.0 Å². The molecule has 60 valence electrons. The van der Waals surface area contributed by atoms with Crippen molar-refractivity contribution in [2.75, 3.05) is 0 Å². The predicted molar refractivity (Wildman–Crippen MR) is 38.2 cm³/mol. The lowest BCUT2D eigenvalue weighted by Gasteiger charge is -1.95. The smallest absolute Gasteiger partial charge is 0.235 e. The second-order valence-corrected chi connectivity index (χ2v) is 2.76. The van der Waals surface area contributed by atoms with Crippen LogP contribution in [0, 0.1) is 5.92 Å². The van der Waals surface area contributed by atoms with Crippen LogP contribution in [0.2, 0.25) is 0 Å². The molecule has 0 fully saturated rings. The van der Waals surface area contributed by atoms with E-state index < -0.39 is 0 Å². The largest absolute Gasteiger partial charge is 0.339 e. The summed E-state index contributed by atoms with van der Waals surface area (Å²) in [5.74, 6) is 1.12. The first-order chi connectivity index (χ1) is 5.22. The van der Waals surface area contributed by atoms with Gasteiger partial charge in [0.15, 0.2) is 6.29 Å². The van der Waals surface area contributed by atoms with Gasteiger partial charge >= 0.3 is 0 Å². The second-order valence-electron chi connectivity index (χ2n) is 2.76. The minimum Gasteiger partial charge on any atom is -0.339 e. The van der Waals surface area contributed by atoms with Crippen LogP contribution in [0.1, 0.15) is 30.4 Å². The zero-order valence-electron chi connectivity index (χ0n) is 6.57. The lowest BCUT2D eigenvalue weighted by atomic mass is 10.1. The third-order valence-corrected chi connectivity index (χ3v) is 1.17. The first-order valence-corrected chi connectivity index (χ1v) is 3.50. The van der Waals surface area contributed by atoms with Gasteiger partial charge in [0.05, 0.1) is 0 Å². The van der Waals surface area contributed by atoms with Gasteiger partial charge in [-0.2, -0.15) is 4.98 Å². The minimum atomic E-state index is 0.126. The monoisotopic (exact) mass is 154 g/mol. The molecule has 0 bridgehead atoms. The number of hydrogen-bond acceptors (Lipinski definition) is 4. The van der Waals surface area contributed by atoms with Gasteiger partial charge in [-0.15, -0.1) is 0 Å². The van der Waals surface area contributed by atoms with E-state index in [1.165, 1.54) is 0 Å². The molecule has 0 aliphatic rings. The van der Waals surface area contributed by atoms with E-state index in [0.29, 0.717) is 18.1 Å². The number of nitrogens with zero attached hydrogens (tertiary/aromatic N) is 2. The minimum absolute atomic E-state index is 0.126. The second kappa shape index (κ2) is 3.27. The molecular weight excluding hydrogens is 144 g/mol. The summed E-state index contributed by atoms with van der Waals surface area (Å²) in [6.07, 6.45) is 1.30. The van der Waals surface area contributed by atoms with Gasteiger partial charge < -0.3 is 4.52 Å². The molecule has 0 amide bonds. The van der Waals surface area contributed by atoms with Crippen LogP contribution in [0.3, 0.4) is 0 Å². The van der Waals surface area contributed by atoms with Gasteiger partial charge in [0.25, 0.3) is 0 Å². The molecule has 0 aromatic carbocycles. The van der Waals surface area contributed by atoms with Crippen LogP contribution in [0.4, 0.5) is 0 Å². The highest BCUT2D eigenvalue weighted by atomic mass is 16.5. The number of aldehydes is 1. The summed E-state index contributed by atoms with van der Waals surface area (Å²) in [6.45, 7) is 4.09. The number of rotatable bonds is 3. The number of hydrogen-bond donors (Lipinski definition) is 0. The molecule has 1 rings (SSSR count). The van der Waals surface area contributed by atoms with E-state index in [1.807, 2.05) is 13.8 Å². The third kappa shape index (κ3) is 2.14. The summed E-state index contributed by atoms with van der Waals surface area (Å²) in [5.41, 5.74) is 0. The maximum Gasteiger partial charge on any atom is 0.235 e. The maximum absolute atomic E-state index is 10.1. The summed E-state index contributed by atoms with van der Waals surface area (Å²) in [4.78, 5) is 13.9. The van der Waals surface area contributed by atoms with Gasteiger partial charge in [0.2, 0.25) is 11.7 Å². The van der Waals surface area contributed by atoms with Crippen LogP contribution in [0.15, 0.2) is 4.52 Å². The molecule has 1 aromatic heterocycles. The Morgan fingerprint density at radius 2 is 2.36 bits per heavy atom. The lowest BCUT2D eigenvalue weighted by Crippen LogP contribution is -1.94. The van der Waals surface area contributed by atoms with E-state index in [0.717, 1.165) is 6.42 Å². The zero-order valence-corrected chi connectivity index (χ0v) is 6.57. The van der Waals surface area contributed by atoms with Gasteiger partial charge in [0, 0.05) is 6.42 Å². The van der Waals surface area contributed by atoms with Crippen molar-refractivity contribution in [1.29, 1.82) is 0 Å². The average Bonchev–Trinajstić information content (AvgIpc) is 2.34. The molecule has 4 nitrogen and oxygen atoms in total. The van der Waals surface area contributed by atoms with Crippen molar-refractivity contribution in [3.05, 3.63) is 11.7 Å². The molecular formula is C7H10N2O2. The Morgan fingerprint density at radius 1 is 1.64 bits per heavy atom. The number of carbonyl (C=O) groups excluding carboxylic acids is 1. The molecule has 0 spiro atoms. The van der Waals surface area contributed by atoms with Crippen molar-refractivity contribution in [2.24, 2.45) is 5.92 Å². The highest BCUT2D eigenvalue weighted by Gasteiger charge is 2.06. The Balaban J connectivity index is 2.65. The van der Waals surface area contributed by atoms with E-state index in [1.54, 1.807) is 0 Å². The Labute approximate surface area is 64.6 Å². The van der Waals surface area contributed by atoms with Gasteiger partial charge in [-0.3, -0.25) is 4.79 Å². The van der Waals surface area contributed by atoms with Crippen LogP contribution in [0.5, 0.6) is 0 Å². The summed E-state index contributed by atoms with van der Waals surface area (Å²) < 4.78 is 4.77.